The number of hydrogen-bond acceptors (Lipinski definition) is 4. The lowest BCUT2D eigenvalue weighted by atomic mass is 9.95. The highest BCUT2D eigenvalue weighted by atomic mass is 16.5. The van der Waals surface area contributed by atoms with E-state index >= 15 is 0 Å². The number of carbonyl (C=O) groups excluding carboxylic acids is 2. The van der Waals surface area contributed by atoms with Gasteiger partial charge in [-0.3, -0.25) is 14.5 Å². The molecule has 0 aromatic heterocycles. The van der Waals surface area contributed by atoms with Gasteiger partial charge in [-0.1, -0.05) is 50.1 Å². The normalized spacial score (nSPS) is 19.3. The minimum absolute atomic E-state index is 0.0356. The molecule has 1 unspecified atom stereocenters. The number of piperazine rings is 1. The van der Waals surface area contributed by atoms with Gasteiger partial charge in [-0.25, -0.2) is 0 Å². The second-order valence-electron chi connectivity index (χ2n) is 8.18. The summed E-state index contributed by atoms with van der Waals surface area (Å²) in [7, 11) is 0. The predicted molar refractivity (Wildman–Crippen MR) is 113 cm³/mol. The van der Waals surface area contributed by atoms with Gasteiger partial charge >= 0.3 is 0 Å². The summed E-state index contributed by atoms with van der Waals surface area (Å²) in [6.45, 7) is 6.21. The van der Waals surface area contributed by atoms with Gasteiger partial charge in [0.15, 0.2) is 0 Å². The monoisotopic (exact) mass is 401 g/mol. The van der Waals surface area contributed by atoms with Crippen molar-refractivity contribution in [3.8, 4) is 0 Å². The van der Waals surface area contributed by atoms with E-state index in [1.54, 1.807) is 0 Å². The first kappa shape index (κ1) is 21.8. The molecule has 0 spiro atoms. The molecule has 2 fully saturated rings. The zero-order valence-corrected chi connectivity index (χ0v) is 17.6. The Bertz CT molecular complexity index is 638. The lowest BCUT2D eigenvalue weighted by Crippen LogP contribution is -2.58. The second kappa shape index (κ2) is 11.3. The topological polar surface area (TPSA) is 61.9 Å². The third-order valence-corrected chi connectivity index (χ3v) is 6.06. The number of nitrogens with one attached hydrogen (secondary N) is 1. The first-order valence-electron chi connectivity index (χ1n) is 11.1. The molecule has 3 rings (SSSR count). The second-order valence-corrected chi connectivity index (χ2v) is 8.18. The average Bonchev–Trinajstić information content (AvgIpc) is 3.28. The van der Waals surface area contributed by atoms with Crippen LogP contribution in [0.15, 0.2) is 30.3 Å². The molecule has 1 N–H and O–H groups in total. The van der Waals surface area contributed by atoms with Crippen LogP contribution >= 0.6 is 0 Å². The van der Waals surface area contributed by atoms with Crippen LogP contribution in [0.25, 0.3) is 0 Å². The van der Waals surface area contributed by atoms with Crippen molar-refractivity contribution in [2.24, 2.45) is 5.92 Å². The molecule has 1 aliphatic heterocycles. The molecule has 1 aliphatic carbocycles. The molecule has 0 radical (unpaired) electrons. The van der Waals surface area contributed by atoms with Crippen LogP contribution in [0, 0.1) is 5.92 Å². The summed E-state index contributed by atoms with van der Waals surface area (Å²) in [5.74, 6) is 0.654. The van der Waals surface area contributed by atoms with Gasteiger partial charge in [0.1, 0.15) is 6.61 Å². The summed E-state index contributed by atoms with van der Waals surface area (Å²) in [5.41, 5.74) is 1.07. The van der Waals surface area contributed by atoms with Crippen molar-refractivity contribution in [3.63, 3.8) is 0 Å². The molecular formula is C23H35N3O3. The van der Waals surface area contributed by atoms with Crippen LogP contribution in [-0.4, -0.2) is 67.0 Å². The smallest absolute Gasteiger partial charge is 0.248 e. The maximum atomic E-state index is 12.8. The van der Waals surface area contributed by atoms with Gasteiger partial charge < -0.3 is 15.0 Å². The first-order valence-corrected chi connectivity index (χ1v) is 11.1. The Kier molecular flexibility index (Phi) is 8.50. The number of amides is 2. The Morgan fingerprint density at radius 1 is 1.10 bits per heavy atom. The molecule has 1 saturated carbocycles. The standard InChI is InChI=1S/C23H35N3O3/c1-2-12-24-23(28)22(20-10-6-7-11-20)26-15-13-25(14-16-26)21(27)18-29-17-19-8-4-3-5-9-19/h3-5,8-9,20,22H,2,6-7,10-18H2,1H3,(H,24,28). The molecule has 1 atom stereocenters. The molecule has 0 bridgehead atoms. The molecule has 2 amide bonds. The summed E-state index contributed by atoms with van der Waals surface area (Å²) in [4.78, 5) is 29.5. The molecule has 29 heavy (non-hydrogen) atoms. The third kappa shape index (κ3) is 6.28. The van der Waals surface area contributed by atoms with Gasteiger partial charge in [0.05, 0.1) is 12.6 Å². The van der Waals surface area contributed by atoms with Crippen molar-refractivity contribution in [1.82, 2.24) is 15.1 Å². The Labute approximate surface area is 174 Å². The van der Waals surface area contributed by atoms with E-state index in [1.165, 1.54) is 12.8 Å². The molecule has 2 aliphatic rings. The third-order valence-electron chi connectivity index (χ3n) is 6.06. The van der Waals surface area contributed by atoms with Crippen LogP contribution in [-0.2, 0) is 20.9 Å². The van der Waals surface area contributed by atoms with Crippen LogP contribution in [0.1, 0.15) is 44.6 Å². The van der Waals surface area contributed by atoms with E-state index in [9.17, 15) is 9.59 Å². The zero-order valence-electron chi connectivity index (χ0n) is 17.6. The molecule has 1 saturated heterocycles. The first-order chi connectivity index (χ1) is 14.2. The molecule has 1 aromatic carbocycles. The Hall–Kier alpha value is -1.92. The van der Waals surface area contributed by atoms with E-state index in [-0.39, 0.29) is 24.5 Å². The van der Waals surface area contributed by atoms with Crippen molar-refractivity contribution in [1.29, 1.82) is 0 Å². The maximum Gasteiger partial charge on any atom is 0.248 e. The number of hydrogen-bond donors (Lipinski definition) is 1. The van der Waals surface area contributed by atoms with Crippen molar-refractivity contribution in [2.75, 3.05) is 39.3 Å². The summed E-state index contributed by atoms with van der Waals surface area (Å²) < 4.78 is 5.60. The van der Waals surface area contributed by atoms with E-state index in [1.807, 2.05) is 35.2 Å². The number of ether oxygens (including phenoxy) is 1. The van der Waals surface area contributed by atoms with Gasteiger partial charge in [-0.2, -0.15) is 0 Å². The molecule has 1 aromatic rings. The van der Waals surface area contributed by atoms with Crippen LogP contribution in [0.4, 0.5) is 0 Å². The Morgan fingerprint density at radius 2 is 1.79 bits per heavy atom. The van der Waals surface area contributed by atoms with Crippen LogP contribution in [0.5, 0.6) is 0 Å². The molecule has 6 nitrogen and oxygen atoms in total. The molecule has 160 valence electrons. The summed E-state index contributed by atoms with van der Waals surface area (Å²) in [6.07, 6.45) is 5.67. The lowest BCUT2D eigenvalue weighted by molar-refractivity contribution is -0.139. The summed E-state index contributed by atoms with van der Waals surface area (Å²) in [6, 6.07) is 9.85. The fourth-order valence-electron chi connectivity index (χ4n) is 4.48. The van der Waals surface area contributed by atoms with Crippen LogP contribution < -0.4 is 5.32 Å². The van der Waals surface area contributed by atoms with Gasteiger partial charge in [0.25, 0.3) is 0 Å². The van der Waals surface area contributed by atoms with E-state index in [2.05, 4.69) is 17.1 Å². The summed E-state index contributed by atoms with van der Waals surface area (Å²) in [5, 5.41) is 3.10. The summed E-state index contributed by atoms with van der Waals surface area (Å²) >= 11 is 0. The van der Waals surface area contributed by atoms with Gasteiger partial charge in [-0.05, 0) is 30.7 Å². The van der Waals surface area contributed by atoms with E-state index in [4.69, 9.17) is 4.74 Å². The molecule has 6 heteroatoms. The van der Waals surface area contributed by atoms with Crippen LogP contribution in [0.3, 0.4) is 0 Å². The largest absolute Gasteiger partial charge is 0.367 e. The lowest BCUT2D eigenvalue weighted by Gasteiger charge is -2.40. The quantitative estimate of drug-likeness (QED) is 0.690. The minimum Gasteiger partial charge on any atom is -0.367 e. The van der Waals surface area contributed by atoms with Gasteiger partial charge in [0, 0.05) is 32.7 Å². The van der Waals surface area contributed by atoms with Gasteiger partial charge in [-0.15, -0.1) is 0 Å². The van der Waals surface area contributed by atoms with Crippen molar-refractivity contribution >= 4 is 11.8 Å². The number of nitrogens with zero attached hydrogens (tertiary/aromatic N) is 2. The highest BCUT2D eigenvalue weighted by Crippen LogP contribution is 2.31. The minimum atomic E-state index is -0.0457. The van der Waals surface area contributed by atoms with Crippen LogP contribution in [0.2, 0.25) is 0 Å². The van der Waals surface area contributed by atoms with Gasteiger partial charge in [0.2, 0.25) is 11.8 Å². The van der Waals surface area contributed by atoms with E-state index < -0.39 is 0 Å². The van der Waals surface area contributed by atoms with E-state index in [0.717, 1.165) is 44.5 Å². The van der Waals surface area contributed by atoms with Crippen molar-refractivity contribution in [2.45, 2.75) is 51.7 Å². The SMILES string of the molecule is CCCNC(=O)C(C1CCCC1)N1CCN(C(=O)COCc2ccccc2)CC1. The maximum absolute atomic E-state index is 12.8. The van der Waals surface area contributed by atoms with Crippen molar-refractivity contribution < 1.29 is 14.3 Å². The number of rotatable bonds is 9. The predicted octanol–water partition coefficient (Wildman–Crippen LogP) is 2.43. The van der Waals surface area contributed by atoms with E-state index in [0.29, 0.717) is 25.6 Å². The fraction of sp³-hybridized carbons (Fsp3) is 0.652. The molecule has 1 heterocycles. The van der Waals surface area contributed by atoms with Crippen molar-refractivity contribution in [3.05, 3.63) is 35.9 Å². The Morgan fingerprint density at radius 3 is 2.45 bits per heavy atom. The number of carbonyl (C=O) groups is 2. The number of benzene rings is 1. The molecular weight excluding hydrogens is 366 g/mol. The highest BCUT2D eigenvalue weighted by Gasteiger charge is 2.37. The average molecular weight is 402 g/mol. The highest BCUT2D eigenvalue weighted by molar-refractivity contribution is 5.82. The Balaban J connectivity index is 1.46. The zero-order chi connectivity index (χ0) is 20.5. The fourth-order valence-corrected chi connectivity index (χ4v) is 4.48.